The summed E-state index contributed by atoms with van der Waals surface area (Å²) in [7, 11) is 0. The van der Waals surface area contributed by atoms with Gasteiger partial charge in [-0.05, 0) is 30.3 Å². The van der Waals surface area contributed by atoms with Gasteiger partial charge in [0.25, 0.3) is 5.91 Å². The normalized spacial score (nSPS) is 16.5. The van der Waals surface area contributed by atoms with Gasteiger partial charge in [0, 0.05) is 11.4 Å². The molecule has 5 heteroatoms. The maximum Gasteiger partial charge on any atom is 0.269 e. The van der Waals surface area contributed by atoms with E-state index in [2.05, 4.69) is 5.32 Å². The molecule has 1 heterocycles. The Bertz CT molecular complexity index is 643. The van der Waals surface area contributed by atoms with Gasteiger partial charge in [0.2, 0.25) is 6.10 Å². The lowest BCUT2D eigenvalue weighted by atomic mass is 10.2. The molecule has 0 bridgehead atoms. The maximum absolute atomic E-state index is 12.1. The Hall–Kier alpha value is -2.69. The number of fused-ring (bicyclic) bond motifs is 1. The van der Waals surface area contributed by atoms with E-state index in [1.165, 1.54) is 0 Å². The van der Waals surface area contributed by atoms with Crippen LogP contribution in [0.15, 0.2) is 48.5 Å². The number of para-hydroxylation sites is 2. The Morgan fingerprint density at radius 2 is 1.95 bits per heavy atom. The first-order valence-corrected chi connectivity index (χ1v) is 6.27. The molecule has 0 saturated carbocycles. The van der Waals surface area contributed by atoms with Gasteiger partial charge in [0.15, 0.2) is 11.5 Å². The molecule has 3 rings (SSSR count). The molecule has 20 heavy (non-hydrogen) atoms. The number of benzene rings is 2. The Labute approximate surface area is 116 Å². The van der Waals surface area contributed by atoms with Crippen molar-refractivity contribution < 1.29 is 14.3 Å². The van der Waals surface area contributed by atoms with Crippen LogP contribution in [0.2, 0.25) is 0 Å². The zero-order chi connectivity index (χ0) is 13.9. The first-order chi connectivity index (χ1) is 9.72. The van der Waals surface area contributed by atoms with Crippen LogP contribution in [0.4, 0.5) is 11.4 Å². The number of rotatable bonds is 2. The molecular formula is C15H14N2O3. The molecule has 1 aliphatic heterocycles. The highest BCUT2D eigenvalue weighted by Gasteiger charge is 2.27. The second kappa shape index (κ2) is 5.13. The largest absolute Gasteiger partial charge is 0.485 e. The average molecular weight is 270 g/mol. The molecule has 1 amide bonds. The van der Waals surface area contributed by atoms with Gasteiger partial charge in [-0.2, -0.15) is 0 Å². The number of nitrogen functional groups attached to an aromatic ring is 1. The third-order valence-corrected chi connectivity index (χ3v) is 2.96. The lowest BCUT2D eigenvalue weighted by molar-refractivity contribution is -0.125. The molecule has 102 valence electrons. The van der Waals surface area contributed by atoms with Gasteiger partial charge in [-0.1, -0.05) is 18.2 Å². The summed E-state index contributed by atoms with van der Waals surface area (Å²) in [6, 6.07) is 14.3. The fourth-order valence-corrected chi connectivity index (χ4v) is 1.99. The Morgan fingerprint density at radius 3 is 2.75 bits per heavy atom. The fourth-order valence-electron chi connectivity index (χ4n) is 1.99. The van der Waals surface area contributed by atoms with Crippen LogP contribution in [0, 0.1) is 0 Å². The molecule has 0 spiro atoms. The molecule has 0 fully saturated rings. The van der Waals surface area contributed by atoms with E-state index in [1.807, 2.05) is 12.1 Å². The van der Waals surface area contributed by atoms with Crippen molar-refractivity contribution in [3.8, 4) is 11.5 Å². The molecular weight excluding hydrogens is 256 g/mol. The predicted octanol–water partition coefficient (Wildman–Crippen LogP) is 2.05. The minimum atomic E-state index is -0.675. The van der Waals surface area contributed by atoms with Crippen molar-refractivity contribution >= 4 is 17.3 Å². The summed E-state index contributed by atoms with van der Waals surface area (Å²) in [5.41, 5.74) is 6.90. The number of ether oxygens (including phenoxy) is 2. The van der Waals surface area contributed by atoms with Crippen LogP contribution in [0.5, 0.6) is 11.5 Å². The number of anilines is 2. The van der Waals surface area contributed by atoms with Gasteiger partial charge in [-0.3, -0.25) is 4.79 Å². The van der Waals surface area contributed by atoms with Gasteiger partial charge < -0.3 is 20.5 Å². The van der Waals surface area contributed by atoms with Gasteiger partial charge in [0.1, 0.15) is 6.61 Å². The lowest BCUT2D eigenvalue weighted by Crippen LogP contribution is -2.40. The smallest absolute Gasteiger partial charge is 0.269 e. The molecule has 2 aromatic rings. The number of amides is 1. The van der Waals surface area contributed by atoms with Crippen molar-refractivity contribution in [1.29, 1.82) is 0 Å². The molecule has 1 unspecified atom stereocenters. The average Bonchev–Trinajstić information content (AvgIpc) is 2.47. The SMILES string of the molecule is Nc1cccc(NC(=O)C2COc3ccccc3O2)c1. The molecule has 3 N–H and O–H groups in total. The molecule has 0 aromatic heterocycles. The number of carbonyl (C=O) groups excluding carboxylic acids is 1. The van der Waals surface area contributed by atoms with E-state index >= 15 is 0 Å². The van der Waals surface area contributed by atoms with Gasteiger partial charge >= 0.3 is 0 Å². The third-order valence-electron chi connectivity index (χ3n) is 2.96. The van der Waals surface area contributed by atoms with Crippen LogP contribution >= 0.6 is 0 Å². The topological polar surface area (TPSA) is 73.6 Å². The minimum Gasteiger partial charge on any atom is -0.485 e. The van der Waals surface area contributed by atoms with Gasteiger partial charge in [-0.25, -0.2) is 0 Å². The van der Waals surface area contributed by atoms with E-state index in [4.69, 9.17) is 15.2 Å². The molecule has 1 atom stereocenters. The quantitative estimate of drug-likeness (QED) is 0.819. The summed E-state index contributed by atoms with van der Waals surface area (Å²) in [5, 5.41) is 2.76. The van der Waals surface area contributed by atoms with E-state index in [-0.39, 0.29) is 12.5 Å². The summed E-state index contributed by atoms with van der Waals surface area (Å²) in [5.74, 6) is 0.970. The van der Waals surface area contributed by atoms with E-state index < -0.39 is 6.10 Å². The summed E-state index contributed by atoms with van der Waals surface area (Å²) in [6.45, 7) is 0.186. The van der Waals surface area contributed by atoms with Crippen LogP contribution in [0.25, 0.3) is 0 Å². The minimum absolute atomic E-state index is 0.186. The van der Waals surface area contributed by atoms with Crippen LogP contribution in [0.1, 0.15) is 0 Å². The van der Waals surface area contributed by atoms with E-state index in [0.29, 0.717) is 22.9 Å². The Morgan fingerprint density at radius 1 is 1.15 bits per heavy atom. The molecule has 5 nitrogen and oxygen atoms in total. The number of nitrogens with one attached hydrogen (secondary N) is 1. The lowest BCUT2D eigenvalue weighted by Gasteiger charge is -2.25. The van der Waals surface area contributed by atoms with Crippen LogP contribution in [-0.4, -0.2) is 18.6 Å². The van der Waals surface area contributed by atoms with Crippen molar-refractivity contribution in [3.63, 3.8) is 0 Å². The van der Waals surface area contributed by atoms with Crippen molar-refractivity contribution in [2.45, 2.75) is 6.10 Å². The number of hydrogen-bond donors (Lipinski definition) is 2. The molecule has 2 aromatic carbocycles. The first kappa shape index (κ1) is 12.3. The van der Waals surface area contributed by atoms with Crippen LogP contribution in [0.3, 0.4) is 0 Å². The Balaban J connectivity index is 1.70. The summed E-state index contributed by atoms with van der Waals surface area (Å²) < 4.78 is 11.1. The highest BCUT2D eigenvalue weighted by atomic mass is 16.6. The zero-order valence-corrected chi connectivity index (χ0v) is 10.7. The summed E-state index contributed by atoms with van der Waals surface area (Å²) in [4.78, 5) is 12.1. The maximum atomic E-state index is 12.1. The van der Waals surface area contributed by atoms with Crippen molar-refractivity contribution in [2.24, 2.45) is 0 Å². The predicted molar refractivity (Wildman–Crippen MR) is 75.8 cm³/mol. The highest BCUT2D eigenvalue weighted by Crippen LogP contribution is 2.31. The fraction of sp³-hybridized carbons (Fsp3) is 0.133. The number of carbonyl (C=O) groups is 1. The van der Waals surface area contributed by atoms with Gasteiger partial charge in [0.05, 0.1) is 0 Å². The van der Waals surface area contributed by atoms with Crippen molar-refractivity contribution in [2.75, 3.05) is 17.7 Å². The van der Waals surface area contributed by atoms with Crippen LogP contribution in [-0.2, 0) is 4.79 Å². The second-order valence-electron chi connectivity index (χ2n) is 4.48. The van der Waals surface area contributed by atoms with E-state index in [1.54, 1.807) is 36.4 Å². The molecule has 0 saturated heterocycles. The molecule has 0 aliphatic carbocycles. The Kier molecular flexibility index (Phi) is 3.16. The zero-order valence-electron chi connectivity index (χ0n) is 10.7. The first-order valence-electron chi connectivity index (χ1n) is 6.27. The monoisotopic (exact) mass is 270 g/mol. The summed E-state index contributed by atoms with van der Waals surface area (Å²) in [6.07, 6.45) is -0.675. The molecule has 0 radical (unpaired) electrons. The molecule has 1 aliphatic rings. The van der Waals surface area contributed by atoms with E-state index in [9.17, 15) is 4.79 Å². The van der Waals surface area contributed by atoms with Crippen molar-refractivity contribution in [3.05, 3.63) is 48.5 Å². The third kappa shape index (κ3) is 2.51. The van der Waals surface area contributed by atoms with Crippen molar-refractivity contribution in [1.82, 2.24) is 0 Å². The van der Waals surface area contributed by atoms with Gasteiger partial charge in [-0.15, -0.1) is 0 Å². The van der Waals surface area contributed by atoms with E-state index in [0.717, 1.165) is 0 Å². The summed E-state index contributed by atoms with van der Waals surface area (Å²) >= 11 is 0. The number of nitrogens with two attached hydrogens (primary N) is 1. The number of hydrogen-bond acceptors (Lipinski definition) is 4. The second-order valence-corrected chi connectivity index (χ2v) is 4.48. The van der Waals surface area contributed by atoms with Crippen LogP contribution < -0.4 is 20.5 Å². The standard InChI is InChI=1S/C15H14N2O3/c16-10-4-3-5-11(8-10)17-15(18)14-9-19-12-6-1-2-7-13(12)20-14/h1-8,14H,9,16H2,(H,17,18). The highest BCUT2D eigenvalue weighted by molar-refractivity contribution is 5.95.